The summed E-state index contributed by atoms with van der Waals surface area (Å²) in [5.74, 6) is -0.336. The Hall–Kier alpha value is -0.150. The first-order valence-corrected chi connectivity index (χ1v) is 16.3. The number of hydrogen-bond donors (Lipinski definition) is 1. The highest BCUT2D eigenvalue weighted by Crippen LogP contribution is 2.51. The summed E-state index contributed by atoms with van der Waals surface area (Å²) >= 11 is 0. The van der Waals surface area contributed by atoms with Crippen LogP contribution in [0.1, 0.15) is 142 Å². The van der Waals surface area contributed by atoms with Gasteiger partial charge in [0.2, 0.25) is 0 Å². The maximum Gasteiger partial charge on any atom is 0.385 e. The van der Waals surface area contributed by atoms with Crippen LogP contribution in [0.15, 0.2) is 12.2 Å². The number of allylic oxidation sites excluding steroid dienone is 2. The number of quaternary nitrogens is 1. The third kappa shape index (κ3) is 20.1. The lowest BCUT2D eigenvalue weighted by Gasteiger charge is -2.35. The molecule has 0 heterocycles. The monoisotopic (exact) mass is 502 g/mol. The molecule has 0 aromatic rings. The minimum Gasteiger partial charge on any atom is -0.320 e. The van der Waals surface area contributed by atoms with E-state index in [1.165, 1.54) is 103 Å². The van der Waals surface area contributed by atoms with Crippen LogP contribution in [0.25, 0.3) is 0 Å². The van der Waals surface area contributed by atoms with Gasteiger partial charge in [-0.1, -0.05) is 109 Å². The van der Waals surface area contributed by atoms with E-state index in [2.05, 4.69) is 26.0 Å². The molecule has 4 nitrogen and oxygen atoms in total. The molecule has 0 aliphatic rings. The molecular formula is C29H61NO3P+. The number of hydrogen-bond acceptors (Lipinski definition) is 2. The van der Waals surface area contributed by atoms with Crippen LogP contribution in [-0.4, -0.2) is 42.9 Å². The van der Waals surface area contributed by atoms with E-state index in [1.807, 2.05) is 21.1 Å². The van der Waals surface area contributed by atoms with Gasteiger partial charge in [0.05, 0.1) is 27.7 Å². The molecule has 0 saturated heterocycles. The highest BCUT2D eigenvalue weighted by atomic mass is 31.2. The Labute approximate surface area is 214 Å². The van der Waals surface area contributed by atoms with E-state index in [0.29, 0.717) is 17.5 Å². The van der Waals surface area contributed by atoms with Crippen molar-refractivity contribution >= 4 is 7.60 Å². The maximum atomic E-state index is 12.7. The highest BCUT2D eigenvalue weighted by molar-refractivity contribution is 7.53. The van der Waals surface area contributed by atoms with Crippen molar-refractivity contribution in [3.05, 3.63) is 12.2 Å². The van der Waals surface area contributed by atoms with Crippen LogP contribution >= 0.6 is 7.60 Å². The molecule has 2 atom stereocenters. The maximum absolute atomic E-state index is 12.7. The van der Waals surface area contributed by atoms with E-state index in [1.54, 1.807) is 0 Å². The molecule has 0 rings (SSSR count). The molecule has 5 heteroatoms. The summed E-state index contributed by atoms with van der Waals surface area (Å²) in [5.41, 5.74) is 0. The summed E-state index contributed by atoms with van der Waals surface area (Å²) in [6.07, 6.45) is 29.9. The van der Waals surface area contributed by atoms with Crippen molar-refractivity contribution in [1.29, 1.82) is 0 Å². The van der Waals surface area contributed by atoms with Crippen molar-refractivity contribution in [1.82, 2.24) is 0 Å². The molecular weight excluding hydrogens is 441 g/mol. The van der Waals surface area contributed by atoms with Crippen molar-refractivity contribution in [3.8, 4) is 0 Å². The number of nitrogens with zero attached hydrogens (tertiary/aromatic N) is 1. The average molecular weight is 503 g/mol. The van der Waals surface area contributed by atoms with E-state index in [9.17, 15) is 9.46 Å². The Bertz CT molecular complexity index is 516. The Morgan fingerprint density at radius 3 is 1.50 bits per heavy atom. The fraction of sp³-hybridized carbons (Fsp3) is 0.931. The molecule has 1 N–H and O–H groups in total. The lowest BCUT2D eigenvalue weighted by atomic mass is 10.1. The van der Waals surface area contributed by atoms with Gasteiger partial charge in [0.1, 0.15) is 0 Å². The van der Waals surface area contributed by atoms with Gasteiger partial charge in [-0.05, 0) is 38.5 Å². The molecule has 0 amide bonds. The van der Waals surface area contributed by atoms with Crippen LogP contribution in [0, 0.1) is 0 Å². The van der Waals surface area contributed by atoms with Gasteiger partial charge >= 0.3 is 7.60 Å². The van der Waals surface area contributed by atoms with Gasteiger partial charge in [0.15, 0.2) is 5.78 Å². The Kier molecular flexibility index (Phi) is 22.0. The molecule has 0 fully saturated rings. The quantitative estimate of drug-likeness (QED) is 0.0585. The zero-order valence-corrected chi connectivity index (χ0v) is 24.6. The third-order valence-corrected chi connectivity index (χ3v) is 9.01. The molecule has 204 valence electrons. The van der Waals surface area contributed by atoms with E-state index in [4.69, 9.17) is 4.52 Å². The second-order valence-electron chi connectivity index (χ2n) is 11.1. The second kappa shape index (κ2) is 22.1. The fourth-order valence-corrected chi connectivity index (χ4v) is 6.61. The zero-order valence-electron chi connectivity index (χ0n) is 23.7. The average Bonchev–Trinajstić information content (AvgIpc) is 2.77. The van der Waals surface area contributed by atoms with Crippen molar-refractivity contribution in [2.75, 3.05) is 27.7 Å². The van der Waals surface area contributed by atoms with Gasteiger partial charge in [-0.25, -0.2) is 0 Å². The molecule has 0 saturated carbocycles. The molecule has 2 unspecified atom stereocenters. The first-order valence-electron chi connectivity index (χ1n) is 14.7. The molecule has 0 aromatic heterocycles. The first-order chi connectivity index (χ1) is 16.3. The standard InChI is InChI=1S/C29H60NO3P/c1-6-8-9-10-11-12-13-14-15-16-17-18-19-20-21-22-23-24-25-26-28-33-34(31,32)29(27-7-2)30(3,4)5/h17-18,29H,6-16,19-28H2,1-5H3/p+1. The van der Waals surface area contributed by atoms with Crippen molar-refractivity contribution in [2.45, 2.75) is 148 Å². The Morgan fingerprint density at radius 1 is 0.676 bits per heavy atom. The normalized spacial score (nSPS) is 15.1. The van der Waals surface area contributed by atoms with Gasteiger partial charge < -0.3 is 13.9 Å². The summed E-state index contributed by atoms with van der Waals surface area (Å²) in [6, 6.07) is 0. The zero-order chi connectivity index (χ0) is 25.5. The van der Waals surface area contributed by atoms with Gasteiger partial charge in [0.25, 0.3) is 0 Å². The van der Waals surface area contributed by atoms with Gasteiger partial charge in [-0.3, -0.25) is 4.57 Å². The predicted octanol–water partition coefficient (Wildman–Crippen LogP) is 9.62. The first kappa shape index (κ1) is 33.8. The molecule has 0 bridgehead atoms. The van der Waals surface area contributed by atoms with Crippen LogP contribution in [-0.2, 0) is 9.09 Å². The predicted molar refractivity (Wildman–Crippen MR) is 150 cm³/mol. The third-order valence-electron chi connectivity index (χ3n) is 6.75. The van der Waals surface area contributed by atoms with E-state index in [-0.39, 0.29) is 5.78 Å². The lowest BCUT2D eigenvalue weighted by molar-refractivity contribution is -0.883. The Morgan fingerprint density at radius 2 is 1.09 bits per heavy atom. The van der Waals surface area contributed by atoms with Crippen molar-refractivity contribution in [2.24, 2.45) is 0 Å². The van der Waals surface area contributed by atoms with Gasteiger partial charge in [0, 0.05) is 6.42 Å². The largest absolute Gasteiger partial charge is 0.385 e. The SMILES string of the molecule is CCCCCCCCCCCC=CCCCCCCCCCOP(=O)(O)C(CCC)[N+](C)(C)C. The van der Waals surface area contributed by atoms with Gasteiger partial charge in [-0.2, -0.15) is 0 Å². The summed E-state index contributed by atoms with van der Waals surface area (Å²) in [7, 11) is 2.35. The minimum atomic E-state index is -3.57. The van der Waals surface area contributed by atoms with Crippen LogP contribution in [0.5, 0.6) is 0 Å². The van der Waals surface area contributed by atoms with Crippen molar-refractivity contribution in [3.63, 3.8) is 0 Å². The van der Waals surface area contributed by atoms with Crippen LogP contribution in [0.3, 0.4) is 0 Å². The smallest absolute Gasteiger partial charge is 0.320 e. The van der Waals surface area contributed by atoms with E-state index in [0.717, 1.165) is 19.3 Å². The molecule has 0 aliphatic carbocycles. The number of rotatable bonds is 25. The number of unbranched alkanes of at least 4 members (excludes halogenated alkanes) is 16. The fourth-order valence-electron chi connectivity index (χ4n) is 4.58. The summed E-state index contributed by atoms with van der Waals surface area (Å²) < 4.78 is 18.6. The van der Waals surface area contributed by atoms with Gasteiger partial charge in [-0.15, -0.1) is 0 Å². The van der Waals surface area contributed by atoms with Crippen molar-refractivity contribution < 1.29 is 18.5 Å². The molecule has 0 aromatic carbocycles. The van der Waals surface area contributed by atoms with Crippen LogP contribution < -0.4 is 0 Å². The molecule has 0 radical (unpaired) electrons. The van der Waals surface area contributed by atoms with E-state index >= 15 is 0 Å². The lowest BCUT2D eigenvalue weighted by Crippen LogP contribution is -2.45. The summed E-state index contributed by atoms with van der Waals surface area (Å²) in [5, 5.41) is 0. The summed E-state index contributed by atoms with van der Waals surface area (Å²) in [6.45, 7) is 4.74. The summed E-state index contributed by atoms with van der Waals surface area (Å²) in [4.78, 5) is 10.4. The van der Waals surface area contributed by atoms with Crippen LogP contribution in [0.4, 0.5) is 0 Å². The van der Waals surface area contributed by atoms with Crippen LogP contribution in [0.2, 0.25) is 0 Å². The Balaban J connectivity index is 3.50. The van der Waals surface area contributed by atoms with E-state index < -0.39 is 7.60 Å². The highest BCUT2D eigenvalue weighted by Gasteiger charge is 2.41. The molecule has 0 aliphatic heterocycles. The second-order valence-corrected chi connectivity index (χ2v) is 13.1. The minimum absolute atomic E-state index is 0.336. The molecule has 0 spiro atoms. The molecule has 34 heavy (non-hydrogen) atoms. The topological polar surface area (TPSA) is 46.5 Å².